The van der Waals surface area contributed by atoms with Gasteiger partial charge in [0.25, 0.3) is 18.2 Å². The highest BCUT2D eigenvalue weighted by atomic mass is 32.1. The van der Waals surface area contributed by atoms with Gasteiger partial charge in [-0.05, 0) is 59.9 Å². The van der Waals surface area contributed by atoms with E-state index in [2.05, 4.69) is 20.6 Å². The summed E-state index contributed by atoms with van der Waals surface area (Å²) in [6.45, 7) is 11.0. The van der Waals surface area contributed by atoms with Gasteiger partial charge < -0.3 is 20.6 Å². The molecule has 0 aliphatic carbocycles. The molecule has 0 bridgehead atoms. The number of aromatic nitrogens is 2. The summed E-state index contributed by atoms with van der Waals surface area (Å²) in [6.07, 6.45) is 0.911. The molecule has 3 rings (SSSR count). The Bertz CT molecular complexity index is 1100. The SMILES string of the molecule is CCC1CCC(C)N1C(=O)c1nc(C(=O)N[C@H](C)CO)sc1-c1cnc(NC(C)(C)C)cc1C(F)F. The number of nitrogens with one attached hydrogen (secondary N) is 2. The van der Waals surface area contributed by atoms with E-state index in [0.29, 0.717) is 0 Å². The predicted octanol–water partition coefficient (Wildman–Crippen LogP) is 4.87. The number of aliphatic hydroxyl groups is 1. The van der Waals surface area contributed by atoms with Gasteiger partial charge in [-0.25, -0.2) is 18.7 Å². The van der Waals surface area contributed by atoms with E-state index in [-0.39, 0.29) is 57.1 Å². The number of rotatable bonds is 8. The number of nitrogens with zero attached hydrogens (tertiary/aromatic N) is 3. The number of aliphatic hydroxyl groups excluding tert-OH is 1. The van der Waals surface area contributed by atoms with Gasteiger partial charge in [-0.2, -0.15) is 0 Å². The van der Waals surface area contributed by atoms with Gasteiger partial charge in [-0.3, -0.25) is 9.59 Å². The summed E-state index contributed by atoms with van der Waals surface area (Å²) in [5.41, 5.74) is -0.657. The Morgan fingerprint density at radius 1 is 1.31 bits per heavy atom. The highest BCUT2D eigenvalue weighted by molar-refractivity contribution is 7.17. The Labute approximate surface area is 214 Å². The van der Waals surface area contributed by atoms with Crippen LogP contribution in [0.4, 0.5) is 14.6 Å². The zero-order valence-corrected chi connectivity index (χ0v) is 22.4. The average molecular weight is 524 g/mol. The number of carbonyl (C=O) groups excluding carboxylic acids is 2. The molecule has 2 aromatic heterocycles. The van der Waals surface area contributed by atoms with Crippen molar-refractivity contribution in [3.05, 3.63) is 28.5 Å². The third-order valence-corrected chi connectivity index (χ3v) is 7.17. The Kier molecular flexibility index (Phi) is 8.66. The molecule has 3 atom stereocenters. The fraction of sp³-hybridized carbons (Fsp3) is 0.600. The summed E-state index contributed by atoms with van der Waals surface area (Å²) >= 11 is 0.875. The van der Waals surface area contributed by atoms with Crippen LogP contribution in [-0.2, 0) is 0 Å². The molecule has 1 saturated heterocycles. The minimum Gasteiger partial charge on any atom is -0.394 e. The molecule has 36 heavy (non-hydrogen) atoms. The quantitative estimate of drug-likeness (QED) is 0.456. The molecular formula is C25H35F2N5O3S. The van der Waals surface area contributed by atoms with Gasteiger partial charge in [0.1, 0.15) is 11.5 Å². The van der Waals surface area contributed by atoms with E-state index >= 15 is 0 Å². The van der Waals surface area contributed by atoms with E-state index < -0.39 is 23.9 Å². The van der Waals surface area contributed by atoms with Crippen LogP contribution in [0.3, 0.4) is 0 Å². The van der Waals surface area contributed by atoms with Crippen molar-refractivity contribution in [1.82, 2.24) is 20.2 Å². The second kappa shape index (κ2) is 11.2. The number of amides is 2. The lowest BCUT2D eigenvalue weighted by atomic mass is 10.1. The van der Waals surface area contributed by atoms with E-state index in [0.717, 1.165) is 30.6 Å². The molecular weight excluding hydrogens is 488 g/mol. The van der Waals surface area contributed by atoms with Gasteiger partial charge in [-0.1, -0.05) is 6.92 Å². The predicted molar refractivity (Wildman–Crippen MR) is 137 cm³/mol. The standard InChI is InChI=1S/C25H35F2N5O3S/c1-7-15-9-8-14(3)32(15)24(35)19-20(36-23(30-19)22(34)29-13(2)12-33)17-11-28-18(31-25(4,5)6)10-16(17)21(26)27/h10-11,13-15,21,33H,7-9,12H2,1-6H3,(H,28,31)(H,29,34)/t13-,14?,15?/m1/s1. The maximum Gasteiger partial charge on any atom is 0.280 e. The second-order valence-corrected chi connectivity index (χ2v) is 11.3. The van der Waals surface area contributed by atoms with Gasteiger partial charge in [0.15, 0.2) is 5.01 Å². The molecule has 2 amide bonds. The first kappa shape index (κ1) is 27.9. The molecule has 0 saturated carbocycles. The lowest BCUT2D eigenvalue weighted by Gasteiger charge is -2.27. The van der Waals surface area contributed by atoms with Crippen molar-refractivity contribution >= 4 is 29.0 Å². The highest BCUT2D eigenvalue weighted by Gasteiger charge is 2.37. The zero-order valence-electron chi connectivity index (χ0n) is 21.6. The van der Waals surface area contributed by atoms with Crippen LogP contribution in [-0.4, -0.2) is 62.1 Å². The first-order valence-electron chi connectivity index (χ1n) is 12.2. The molecule has 0 aromatic carbocycles. The number of pyridine rings is 1. The largest absolute Gasteiger partial charge is 0.394 e. The minimum absolute atomic E-state index is 0.0137. The lowest BCUT2D eigenvalue weighted by Crippen LogP contribution is -2.40. The molecule has 3 N–H and O–H groups in total. The van der Waals surface area contributed by atoms with Crippen molar-refractivity contribution in [1.29, 1.82) is 0 Å². The normalized spacial score (nSPS) is 19.0. The van der Waals surface area contributed by atoms with Crippen LogP contribution in [0.2, 0.25) is 0 Å². The van der Waals surface area contributed by atoms with E-state index in [9.17, 15) is 23.5 Å². The average Bonchev–Trinajstić information content (AvgIpc) is 3.41. The zero-order chi connectivity index (χ0) is 26.8. The van der Waals surface area contributed by atoms with E-state index in [1.54, 1.807) is 11.8 Å². The van der Waals surface area contributed by atoms with Crippen molar-refractivity contribution < 1.29 is 23.5 Å². The van der Waals surface area contributed by atoms with E-state index in [1.807, 2.05) is 34.6 Å². The summed E-state index contributed by atoms with van der Waals surface area (Å²) in [7, 11) is 0. The molecule has 1 aliphatic rings. The van der Waals surface area contributed by atoms with Crippen LogP contribution in [0, 0.1) is 0 Å². The molecule has 3 heterocycles. The Balaban J connectivity index is 2.14. The lowest BCUT2D eigenvalue weighted by molar-refractivity contribution is 0.0671. The first-order chi connectivity index (χ1) is 16.9. The number of thiazole rings is 1. The van der Waals surface area contributed by atoms with Gasteiger partial charge in [0, 0.05) is 41.0 Å². The van der Waals surface area contributed by atoms with E-state index in [1.165, 1.54) is 12.3 Å². The number of hydrogen-bond acceptors (Lipinski definition) is 7. The molecule has 8 nitrogen and oxygen atoms in total. The fourth-order valence-electron chi connectivity index (χ4n) is 4.33. The molecule has 0 radical (unpaired) electrons. The monoisotopic (exact) mass is 523 g/mol. The van der Waals surface area contributed by atoms with Crippen LogP contribution < -0.4 is 10.6 Å². The molecule has 1 fully saturated rings. The third kappa shape index (κ3) is 6.18. The molecule has 198 valence electrons. The fourth-order valence-corrected chi connectivity index (χ4v) is 5.32. The van der Waals surface area contributed by atoms with Crippen molar-refractivity contribution in [2.24, 2.45) is 0 Å². The Hall–Kier alpha value is -2.66. The number of anilines is 1. The smallest absolute Gasteiger partial charge is 0.280 e. The van der Waals surface area contributed by atoms with Crippen LogP contribution in [0.5, 0.6) is 0 Å². The number of halogens is 2. The molecule has 1 aliphatic heterocycles. The summed E-state index contributed by atoms with van der Waals surface area (Å²) in [5, 5.41) is 15.0. The maximum absolute atomic E-state index is 14.2. The van der Waals surface area contributed by atoms with Crippen molar-refractivity contribution in [2.75, 3.05) is 11.9 Å². The summed E-state index contributed by atoms with van der Waals surface area (Å²) in [4.78, 5) is 37.1. The van der Waals surface area contributed by atoms with Crippen LogP contribution >= 0.6 is 11.3 Å². The van der Waals surface area contributed by atoms with E-state index in [4.69, 9.17) is 0 Å². The Morgan fingerprint density at radius 2 is 2.00 bits per heavy atom. The topological polar surface area (TPSA) is 107 Å². The van der Waals surface area contributed by atoms with Gasteiger partial charge in [0.05, 0.1) is 11.5 Å². The second-order valence-electron chi connectivity index (χ2n) is 10.3. The van der Waals surface area contributed by atoms with Crippen LogP contribution in [0.1, 0.15) is 93.1 Å². The number of carbonyl (C=O) groups is 2. The van der Waals surface area contributed by atoms with Gasteiger partial charge in [-0.15, -0.1) is 11.3 Å². The number of alkyl halides is 2. The summed E-state index contributed by atoms with van der Waals surface area (Å²) < 4.78 is 28.5. The third-order valence-electron chi connectivity index (χ3n) is 6.09. The van der Waals surface area contributed by atoms with Gasteiger partial charge in [0.2, 0.25) is 0 Å². The van der Waals surface area contributed by atoms with Gasteiger partial charge >= 0.3 is 0 Å². The molecule has 11 heteroatoms. The minimum atomic E-state index is -2.84. The Morgan fingerprint density at radius 3 is 2.58 bits per heavy atom. The highest BCUT2D eigenvalue weighted by Crippen LogP contribution is 2.39. The summed E-state index contributed by atoms with van der Waals surface area (Å²) in [6, 6.07) is 0.725. The van der Waals surface area contributed by atoms with Crippen LogP contribution in [0.15, 0.2) is 12.3 Å². The van der Waals surface area contributed by atoms with Crippen molar-refractivity contribution in [3.63, 3.8) is 0 Å². The maximum atomic E-state index is 14.2. The summed E-state index contributed by atoms with van der Waals surface area (Å²) in [5.74, 6) is -0.682. The number of hydrogen-bond donors (Lipinski definition) is 3. The van der Waals surface area contributed by atoms with Crippen LogP contribution in [0.25, 0.3) is 10.4 Å². The molecule has 2 aromatic rings. The molecule has 2 unspecified atom stereocenters. The van der Waals surface area contributed by atoms with Crippen molar-refractivity contribution in [3.8, 4) is 10.4 Å². The first-order valence-corrected chi connectivity index (χ1v) is 13.0. The van der Waals surface area contributed by atoms with Crippen molar-refractivity contribution in [2.45, 2.75) is 90.9 Å². The molecule has 0 spiro atoms. The number of likely N-dealkylation sites (tertiary alicyclic amines) is 1.